The van der Waals surface area contributed by atoms with E-state index in [1.54, 1.807) is 36.4 Å². The topological polar surface area (TPSA) is 69.7 Å². The molecule has 0 saturated heterocycles. The van der Waals surface area contributed by atoms with Crippen molar-refractivity contribution in [1.82, 2.24) is 15.1 Å². The zero-order chi connectivity index (χ0) is 16.8. The molecule has 0 unspecified atom stereocenters. The molecule has 6 nitrogen and oxygen atoms in total. The van der Waals surface area contributed by atoms with Crippen LogP contribution < -0.4 is 5.32 Å². The van der Waals surface area contributed by atoms with E-state index in [0.29, 0.717) is 24.2 Å². The molecule has 2 rings (SSSR count). The maximum Gasteiger partial charge on any atom is 0.318 e. The molecule has 120 valence electrons. The van der Waals surface area contributed by atoms with Crippen molar-refractivity contribution in [3.05, 3.63) is 60.7 Å². The Morgan fingerprint density at radius 1 is 1.09 bits per heavy atom. The number of imide groups is 1. The second-order valence-corrected chi connectivity index (χ2v) is 5.02. The third-order valence-electron chi connectivity index (χ3n) is 3.48. The second-order valence-electron chi connectivity index (χ2n) is 5.02. The van der Waals surface area contributed by atoms with E-state index < -0.39 is 0 Å². The Labute approximate surface area is 135 Å². The van der Waals surface area contributed by atoms with E-state index in [4.69, 9.17) is 0 Å². The van der Waals surface area contributed by atoms with E-state index >= 15 is 0 Å². The third kappa shape index (κ3) is 3.48. The van der Waals surface area contributed by atoms with Crippen molar-refractivity contribution in [1.29, 1.82) is 0 Å². The summed E-state index contributed by atoms with van der Waals surface area (Å²) in [7, 11) is 0. The Hall–Kier alpha value is -2.89. The normalized spacial score (nSPS) is 12.8. The van der Waals surface area contributed by atoms with Crippen LogP contribution in [0.15, 0.2) is 49.6 Å². The second kappa shape index (κ2) is 7.40. The van der Waals surface area contributed by atoms with Gasteiger partial charge in [0.1, 0.15) is 0 Å². The summed E-state index contributed by atoms with van der Waals surface area (Å²) in [5.74, 6) is -0.650. The van der Waals surface area contributed by atoms with Crippen LogP contribution in [0.4, 0.5) is 4.79 Å². The number of fused-ring (bicyclic) bond motifs is 1. The smallest absolute Gasteiger partial charge is 0.318 e. The predicted octanol–water partition coefficient (Wildman–Crippen LogP) is 1.67. The summed E-state index contributed by atoms with van der Waals surface area (Å²) in [5.41, 5.74) is 0.813. The van der Waals surface area contributed by atoms with Gasteiger partial charge in [0.2, 0.25) is 0 Å². The summed E-state index contributed by atoms with van der Waals surface area (Å²) in [6.45, 7) is 8.31. The maximum atomic E-state index is 12.2. The van der Waals surface area contributed by atoms with Gasteiger partial charge < -0.3 is 10.2 Å². The van der Waals surface area contributed by atoms with Crippen molar-refractivity contribution >= 4 is 17.8 Å². The van der Waals surface area contributed by atoms with Crippen LogP contribution in [-0.2, 0) is 0 Å². The van der Waals surface area contributed by atoms with Gasteiger partial charge in [-0.15, -0.1) is 13.2 Å². The van der Waals surface area contributed by atoms with Crippen LogP contribution in [-0.4, -0.2) is 53.8 Å². The zero-order valence-corrected chi connectivity index (χ0v) is 12.8. The highest BCUT2D eigenvalue weighted by Gasteiger charge is 2.34. The molecule has 4 amide bonds. The molecule has 0 spiro atoms. The summed E-state index contributed by atoms with van der Waals surface area (Å²) < 4.78 is 0. The largest absolute Gasteiger partial charge is 0.336 e. The average Bonchev–Trinajstić information content (AvgIpc) is 2.80. The molecular formula is C17H19N3O3. The summed E-state index contributed by atoms with van der Waals surface area (Å²) in [6.07, 6.45) is 3.24. The van der Waals surface area contributed by atoms with E-state index in [1.807, 2.05) is 0 Å². The molecule has 1 N–H and O–H groups in total. The fraction of sp³-hybridized carbons (Fsp3) is 0.235. The molecular weight excluding hydrogens is 294 g/mol. The molecule has 6 heteroatoms. The summed E-state index contributed by atoms with van der Waals surface area (Å²) in [6, 6.07) is 6.41. The van der Waals surface area contributed by atoms with Crippen LogP contribution >= 0.6 is 0 Å². The number of nitrogens with one attached hydrogen (secondary N) is 1. The quantitative estimate of drug-likeness (QED) is 0.615. The van der Waals surface area contributed by atoms with Crippen molar-refractivity contribution in [2.75, 3.05) is 26.2 Å². The lowest BCUT2D eigenvalue weighted by Gasteiger charge is -2.21. The van der Waals surface area contributed by atoms with E-state index in [2.05, 4.69) is 18.5 Å². The van der Waals surface area contributed by atoms with Crippen molar-refractivity contribution in [3.63, 3.8) is 0 Å². The first kappa shape index (κ1) is 16.5. The van der Waals surface area contributed by atoms with Crippen molar-refractivity contribution in [2.45, 2.75) is 0 Å². The minimum atomic E-state index is -0.325. The number of benzene rings is 1. The summed E-state index contributed by atoms with van der Waals surface area (Å²) in [4.78, 5) is 39.0. The Bertz CT molecular complexity index is 609. The molecule has 0 aliphatic carbocycles. The van der Waals surface area contributed by atoms with E-state index in [-0.39, 0.29) is 30.9 Å². The number of carbonyl (C=O) groups is 3. The Kier molecular flexibility index (Phi) is 5.30. The van der Waals surface area contributed by atoms with Gasteiger partial charge in [0.15, 0.2) is 0 Å². The van der Waals surface area contributed by atoms with Gasteiger partial charge in [0.25, 0.3) is 11.8 Å². The van der Waals surface area contributed by atoms with Gasteiger partial charge in [-0.25, -0.2) is 4.79 Å². The van der Waals surface area contributed by atoms with Crippen LogP contribution in [0.25, 0.3) is 0 Å². The molecule has 0 bridgehead atoms. The average molecular weight is 313 g/mol. The first-order chi connectivity index (χ1) is 11.1. The molecule has 0 radical (unpaired) electrons. The fourth-order valence-electron chi connectivity index (χ4n) is 2.38. The number of urea groups is 1. The number of hydrogen-bond donors (Lipinski definition) is 1. The van der Waals surface area contributed by atoms with Crippen LogP contribution in [0.1, 0.15) is 20.7 Å². The Morgan fingerprint density at radius 3 is 2.09 bits per heavy atom. The van der Waals surface area contributed by atoms with Gasteiger partial charge in [-0.1, -0.05) is 24.3 Å². The zero-order valence-electron chi connectivity index (χ0n) is 12.8. The Balaban J connectivity index is 1.91. The first-order valence-corrected chi connectivity index (χ1v) is 7.30. The van der Waals surface area contributed by atoms with Crippen LogP contribution in [0.2, 0.25) is 0 Å². The van der Waals surface area contributed by atoms with Gasteiger partial charge >= 0.3 is 6.03 Å². The number of carbonyl (C=O) groups excluding carboxylic acids is 3. The molecule has 1 aromatic rings. The molecule has 0 aromatic heterocycles. The number of rotatable bonds is 7. The van der Waals surface area contributed by atoms with Crippen LogP contribution in [0.5, 0.6) is 0 Å². The number of nitrogens with zero attached hydrogens (tertiary/aromatic N) is 2. The molecule has 0 fully saturated rings. The molecule has 1 aromatic carbocycles. The molecule has 0 saturated carbocycles. The summed E-state index contributed by atoms with van der Waals surface area (Å²) in [5, 5.41) is 2.69. The van der Waals surface area contributed by atoms with Crippen molar-refractivity contribution < 1.29 is 14.4 Å². The first-order valence-electron chi connectivity index (χ1n) is 7.30. The highest BCUT2D eigenvalue weighted by molar-refractivity contribution is 6.21. The minimum Gasteiger partial charge on any atom is -0.336 e. The third-order valence-corrected chi connectivity index (χ3v) is 3.48. The summed E-state index contributed by atoms with van der Waals surface area (Å²) >= 11 is 0. The van der Waals surface area contributed by atoms with Crippen LogP contribution in [0, 0.1) is 0 Å². The molecule has 0 atom stereocenters. The number of amides is 4. The van der Waals surface area contributed by atoms with Gasteiger partial charge in [-0.3, -0.25) is 14.5 Å². The predicted molar refractivity (Wildman–Crippen MR) is 87.2 cm³/mol. The molecule has 23 heavy (non-hydrogen) atoms. The van der Waals surface area contributed by atoms with Gasteiger partial charge in [-0.05, 0) is 12.1 Å². The minimum absolute atomic E-state index is 0.133. The van der Waals surface area contributed by atoms with Crippen molar-refractivity contribution in [3.8, 4) is 0 Å². The van der Waals surface area contributed by atoms with Crippen LogP contribution in [0.3, 0.4) is 0 Å². The molecule has 1 heterocycles. The molecule has 1 aliphatic rings. The number of hydrogen-bond acceptors (Lipinski definition) is 3. The van der Waals surface area contributed by atoms with Gasteiger partial charge in [0.05, 0.1) is 11.1 Å². The highest BCUT2D eigenvalue weighted by Crippen LogP contribution is 2.21. The van der Waals surface area contributed by atoms with Gasteiger partial charge in [0, 0.05) is 26.2 Å². The standard InChI is InChI=1S/C17H19N3O3/c1-3-10-19(11-4-2)17(23)18-9-12-20-15(21)13-7-5-6-8-14(13)16(20)22/h3-8H,1-2,9-12H2,(H,18,23). The Morgan fingerprint density at radius 2 is 1.61 bits per heavy atom. The lowest BCUT2D eigenvalue weighted by molar-refractivity contribution is 0.0655. The lowest BCUT2D eigenvalue weighted by Crippen LogP contribution is -2.44. The van der Waals surface area contributed by atoms with Gasteiger partial charge in [-0.2, -0.15) is 0 Å². The van der Waals surface area contributed by atoms with Crippen molar-refractivity contribution in [2.24, 2.45) is 0 Å². The van der Waals surface area contributed by atoms with E-state index in [0.717, 1.165) is 4.90 Å². The maximum absolute atomic E-state index is 12.2. The monoisotopic (exact) mass is 313 g/mol. The van der Waals surface area contributed by atoms with E-state index in [9.17, 15) is 14.4 Å². The fourth-order valence-corrected chi connectivity index (χ4v) is 2.38. The SMILES string of the molecule is C=CCN(CC=C)C(=O)NCCN1C(=O)c2ccccc2C1=O. The van der Waals surface area contributed by atoms with E-state index in [1.165, 1.54) is 4.90 Å². The highest BCUT2D eigenvalue weighted by atomic mass is 16.2. The lowest BCUT2D eigenvalue weighted by atomic mass is 10.1. The molecule has 1 aliphatic heterocycles.